The van der Waals surface area contributed by atoms with Crippen molar-refractivity contribution in [3.05, 3.63) is 56.1 Å². The van der Waals surface area contributed by atoms with Crippen LogP contribution in [0.25, 0.3) is 22.3 Å². The van der Waals surface area contributed by atoms with Crippen LogP contribution in [0.5, 0.6) is 5.75 Å². The fourth-order valence-corrected chi connectivity index (χ4v) is 5.76. The first kappa shape index (κ1) is 22.6. The Morgan fingerprint density at radius 3 is 2.81 bits per heavy atom. The maximum atomic E-state index is 14.6. The van der Waals surface area contributed by atoms with Crippen LogP contribution < -0.4 is 10.9 Å². The summed E-state index contributed by atoms with van der Waals surface area (Å²) in [4.78, 5) is 42.7. The normalized spacial score (nSPS) is 21.6. The van der Waals surface area contributed by atoms with Gasteiger partial charge < -0.3 is 29.9 Å². The molecular formula is C25H22FN3O7. The number of halogens is 1. The number of cyclic esters (lactones) is 1. The van der Waals surface area contributed by atoms with Crippen molar-refractivity contribution in [3.8, 4) is 17.1 Å². The van der Waals surface area contributed by atoms with Gasteiger partial charge in [-0.2, -0.15) is 0 Å². The number of benzene rings is 1. The Morgan fingerprint density at radius 1 is 1.31 bits per heavy atom. The molecule has 1 aliphatic carbocycles. The SMILES string of the molecule is CC[C@@]1(O)C(=O)OCc2c1cc1n(c2=O)Cc2c-1nc1cc(F)c(O)c3c1c2[C@H](NC(=O)CO)CC3. The Balaban J connectivity index is 1.66. The summed E-state index contributed by atoms with van der Waals surface area (Å²) in [5, 5.41) is 34.1. The highest BCUT2D eigenvalue weighted by Crippen LogP contribution is 2.47. The summed E-state index contributed by atoms with van der Waals surface area (Å²) >= 11 is 0. The van der Waals surface area contributed by atoms with Crippen molar-refractivity contribution in [1.82, 2.24) is 14.9 Å². The maximum Gasteiger partial charge on any atom is 0.343 e. The minimum Gasteiger partial charge on any atom is -0.505 e. The van der Waals surface area contributed by atoms with E-state index in [1.165, 1.54) is 4.57 Å². The molecule has 0 spiro atoms. The fraction of sp³-hybridized carbons (Fsp3) is 0.360. The fourth-order valence-electron chi connectivity index (χ4n) is 5.76. The molecule has 1 aromatic carbocycles. The van der Waals surface area contributed by atoms with Gasteiger partial charge in [-0.05, 0) is 30.9 Å². The van der Waals surface area contributed by atoms with E-state index in [-0.39, 0.29) is 42.6 Å². The van der Waals surface area contributed by atoms with E-state index in [1.54, 1.807) is 13.0 Å². The number of aromatic nitrogens is 2. The summed E-state index contributed by atoms with van der Waals surface area (Å²) in [6.07, 6.45) is 0.600. The maximum absolute atomic E-state index is 14.6. The summed E-state index contributed by atoms with van der Waals surface area (Å²) in [6, 6.07) is 2.09. The molecule has 0 unspecified atom stereocenters. The summed E-state index contributed by atoms with van der Waals surface area (Å²) in [5.74, 6) is -2.75. The van der Waals surface area contributed by atoms with E-state index >= 15 is 0 Å². The number of carbonyl (C=O) groups excluding carboxylic acids is 2. The van der Waals surface area contributed by atoms with E-state index < -0.39 is 47.3 Å². The molecule has 3 aromatic rings. The van der Waals surface area contributed by atoms with Gasteiger partial charge in [0.25, 0.3) is 5.56 Å². The Hall–Kier alpha value is -3.83. The number of hydrogen-bond donors (Lipinski definition) is 4. The average Bonchev–Trinajstić information content (AvgIpc) is 3.24. The van der Waals surface area contributed by atoms with E-state index in [4.69, 9.17) is 4.74 Å². The molecule has 4 N–H and O–H groups in total. The number of hydrogen-bond acceptors (Lipinski definition) is 8. The number of aliphatic hydroxyl groups excluding tert-OH is 1. The number of fused-ring (bicyclic) bond motifs is 5. The van der Waals surface area contributed by atoms with Gasteiger partial charge in [0.2, 0.25) is 5.91 Å². The van der Waals surface area contributed by atoms with Crippen LogP contribution in [0.15, 0.2) is 16.9 Å². The lowest BCUT2D eigenvalue weighted by molar-refractivity contribution is -0.172. The third-order valence-electron chi connectivity index (χ3n) is 7.56. The zero-order valence-corrected chi connectivity index (χ0v) is 19.2. The molecule has 0 bridgehead atoms. The number of ether oxygens (including phenoxy) is 1. The van der Waals surface area contributed by atoms with Gasteiger partial charge in [0.05, 0.1) is 35.1 Å². The van der Waals surface area contributed by atoms with E-state index in [2.05, 4.69) is 10.3 Å². The molecule has 186 valence electrons. The number of aromatic hydroxyl groups is 1. The minimum absolute atomic E-state index is 0.00586. The number of rotatable bonds is 3. The predicted octanol–water partition coefficient (Wildman–Crippen LogP) is 1.02. The monoisotopic (exact) mass is 495 g/mol. The zero-order valence-electron chi connectivity index (χ0n) is 19.2. The minimum atomic E-state index is -1.99. The Labute approximate surface area is 203 Å². The van der Waals surface area contributed by atoms with Crippen molar-refractivity contribution in [3.63, 3.8) is 0 Å². The second kappa shape index (κ2) is 7.58. The molecule has 10 nitrogen and oxygen atoms in total. The van der Waals surface area contributed by atoms with Crippen molar-refractivity contribution in [2.75, 3.05) is 6.61 Å². The van der Waals surface area contributed by atoms with Crippen molar-refractivity contribution in [2.45, 2.75) is 51.0 Å². The molecule has 2 aliphatic heterocycles. The highest BCUT2D eigenvalue weighted by molar-refractivity contribution is 5.94. The summed E-state index contributed by atoms with van der Waals surface area (Å²) in [5.41, 5.74) is 0.393. The number of esters is 1. The number of aliphatic hydroxyl groups is 2. The van der Waals surface area contributed by atoms with Gasteiger partial charge in [-0.25, -0.2) is 14.2 Å². The molecule has 6 rings (SSSR count). The quantitative estimate of drug-likeness (QED) is 0.308. The first-order valence-electron chi connectivity index (χ1n) is 11.6. The first-order chi connectivity index (χ1) is 17.2. The van der Waals surface area contributed by atoms with E-state index in [0.29, 0.717) is 39.9 Å². The molecule has 0 saturated heterocycles. The van der Waals surface area contributed by atoms with Crippen molar-refractivity contribution in [1.29, 1.82) is 0 Å². The Bertz CT molecular complexity index is 1580. The van der Waals surface area contributed by atoms with E-state index in [1.807, 2.05) is 0 Å². The van der Waals surface area contributed by atoms with Gasteiger partial charge in [-0.3, -0.25) is 9.59 Å². The molecule has 11 heteroatoms. The lowest BCUT2D eigenvalue weighted by atomic mass is 9.82. The largest absolute Gasteiger partial charge is 0.505 e. The predicted molar refractivity (Wildman–Crippen MR) is 122 cm³/mol. The summed E-state index contributed by atoms with van der Waals surface area (Å²) in [6.45, 7) is 0.698. The highest BCUT2D eigenvalue weighted by Gasteiger charge is 2.46. The molecule has 4 heterocycles. The van der Waals surface area contributed by atoms with Crippen LogP contribution >= 0.6 is 0 Å². The number of carbonyl (C=O) groups is 2. The Morgan fingerprint density at radius 2 is 2.08 bits per heavy atom. The third-order valence-corrected chi connectivity index (χ3v) is 7.56. The second-order valence-corrected chi connectivity index (χ2v) is 9.35. The van der Waals surface area contributed by atoms with Crippen LogP contribution in [0, 0.1) is 5.82 Å². The summed E-state index contributed by atoms with van der Waals surface area (Å²) in [7, 11) is 0. The lowest BCUT2D eigenvalue weighted by Gasteiger charge is -2.31. The number of aryl methyl sites for hydroxylation is 1. The molecule has 2 atom stereocenters. The molecule has 2 aromatic heterocycles. The first-order valence-corrected chi connectivity index (χ1v) is 11.6. The molecule has 0 fully saturated rings. The zero-order chi connectivity index (χ0) is 25.5. The molecule has 0 saturated carbocycles. The van der Waals surface area contributed by atoms with Gasteiger partial charge >= 0.3 is 5.97 Å². The third kappa shape index (κ3) is 2.83. The molecule has 36 heavy (non-hydrogen) atoms. The number of nitrogens with one attached hydrogen (secondary N) is 1. The lowest BCUT2D eigenvalue weighted by Crippen LogP contribution is -2.44. The van der Waals surface area contributed by atoms with Gasteiger partial charge in [0.1, 0.15) is 13.2 Å². The van der Waals surface area contributed by atoms with Gasteiger partial charge in [-0.1, -0.05) is 6.92 Å². The second-order valence-electron chi connectivity index (χ2n) is 9.35. The van der Waals surface area contributed by atoms with Gasteiger partial charge in [0.15, 0.2) is 17.2 Å². The Kier molecular flexibility index (Phi) is 4.76. The van der Waals surface area contributed by atoms with Crippen LogP contribution in [0.1, 0.15) is 53.6 Å². The van der Waals surface area contributed by atoms with Gasteiger partial charge in [0, 0.05) is 28.1 Å². The highest BCUT2D eigenvalue weighted by atomic mass is 19.1. The molecule has 1 amide bonds. The number of phenols is 1. The average molecular weight is 495 g/mol. The van der Waals surface area contributed by atoms with Gasteiger partial charge in [-0.15, -0.1) is 0 Å². The van der Waals surface area contributed by atoms with Crippen LogP contribution in [-0.2, 0) is 39.5 Å². The van der Waals surface area contributed by atoms with Crippen LogP contribution in [0.4, 0.5) is 4.39 Å². The molecule has 0 radical (unpaired) electrons. The topological polar surface area (TPSA) is 151 Å². The number of nitrogens with zero attached hydrogens (tertiary/aromatic N) is 2. The standard InChI is InChI=1S/C25H22FN3O7/c1-2-25(35)13-5-17-21-11(7-29(17)23(33)12(13)9-36-24(25)34)20-15(27-18(31)8-30)4-3-10-19(20)16(28-21)6-14(26)22(10)32/h5-6,15,30,32,35H,2-4,7-9H2,1H3,(H,27,31)/t15-,25+/m1/s1. The number of pyridine rings is 2. The smallest absolute Gasteiger partial charge is 0.343 e. The molecule has 3 aliphatic rings. The van der Waals surface area contributed by atoms with Crippen LogP contribution in [-0.4, -0.2) is 43.4 Å². The van der Waals surface area contributed by atoms with Crippen LogP contribution in [0.3, 0.4) is 0 Å². The van der Waals surface area contributed by atoms with E-state index in [9.17, 15) is 34.1 Å². The van der Waals surface area contributed by atoms with E-state index in [0.717, 1.165) is 6.07 Å². The van der Waals surface area contributed by atoms with Crippen molar-refractivity contribution in [2.24, 2.45) is 0 Å². The summed E-state index contributed by atoms with van der Waals surface area (Å²) < 4.78 is 21.2. The number of phenolic OH excluding ortho intramolecular Hbond substituents is 1. The van der Waals surface area contributed by atoms with Crippen molar-refractivity contribution < 1.29 is 34.0 Å². The number of amides is 1. The molecular weight excluding hydrogens is 473 g/mol. The van der Waals surface area contributed by atoms with Crippen molar-refractivity contribution >= 4 is 22.8 Å². The van der Waals surface area contributed by atoms with Crippen LogP contribution in [0.2, 0.25) is 0 Å².